The minimum atomic E-state index is -4.68. The van der Waals surface area contributed by atoms with Crippen LogP contribution < -0.4 is 16.4 Å². The van der Waals surface area contributed by atoms with Crippen LogP contribution in [0.25, 0.3) is 0 Å². The van der Waals surface area contributed by atoms with Gasteiger partial charge in [-0.05, 0) is 30.3 Å². The number of alkyl halides is 6. The lowest BCUT2D eigenvalue weighted by molar-refractivity contribution is -0.138. The molecule has 0 saturated carbocycles. The summed E-state index contributed by atoms with van der Waals surface area (Å²) in [6.45, 7) is 0. The number of nitrogens with two attached hydrogens (primary N) is 1. The summed E-state index contributed by atoms with van der Waals surface area (Å²) in [6.07, 6.45) is -8.30. The van der Waals surface area contributed by atoms with Crippen LogP contribution in [0.3, 0.4) is 0 Å². The Kier molecular flexibility index (Phi) is 5.66. The standard InChI is InChI=1S/C18H12ClF6N5/c19-12-6-5-9(7-11(12)18(23,24)25)29-15-14(26)16(28-8-27-15)30-13-4-2-1-3-10(13)17(20,21)22/h1-8H,26H2,(H2,27,28,29,30). The van der Waals surface area contributed by atoms with E-state index in [4.69, 9.17) is 17.3 Å². The fourth-order valence-electron chi connectivity index (χ4n) is 2.52. The number of rotatable bonds is 4. The fourth-order valence-corrected chi connectivity index (χ4v) is 2.74. The summed E-state index contributed by atoms with van der Waals surface area (Å²) < 4.78 is 78.6. The molecule has 3 aromatic rings. The van der Waals surface area contributed by atoms with E-state index in [-0.39, 0.29) is 28.7 Å². The van der Waals surface area contributed by atoms with Crippen LogP contribution in [0.1, 0.15) is 11.1 Å². The Labute approximate surface area is 170 Å². The van der Waals surface area contributed by atoms with Crippen molar-refractivity contribution in [1.29, 1.82) is 0 Å². The molecule has 0 saturated heterocycles. The lowest BCUT2D eigenvalue weighted by Crippen LogP contribution is -2.11. The number of aromatic nitrogens is 2. The van der Waals surface area contributed by atoms with Gasteiger partial charge in [-0.15, -0.1) is 0 Å². The van der Waals surface area contributed by atoms with Crippen LogP contribution in [0.4, 0.5) is 55.0 Å². The molecule has 1 aromatic heterocycles. The molecule has 0 atom stereocenters. The molecular weight excluding hydrogens is 436 g/mol. The first-order valence-corrected chi connectivity index (χ1v) is 8.52. The number of nitrogens with zero attached hydrogens (tertiary/aromatic N) is 2. The second-order valence-electron chi connectivity index (χ2n) is 5.97. The molecule has 0 spiro atoms. The van der Waals surface area contributed by atoms with Crippen molar-refractivity contribution in [3.8, 4) is 0 Å². The predicted molar refractivity (Wildman–Crippen MR) is 101 cm³/mol. The molecule has 0 aliphatic carbocycles. The monoisotopic (exact) mass is 447 g/mol. The number of nitrogen functional groups attached to an aromatic ring is 1. The Bertz CT molecular complexity index is 1070. The molecule has 0 bridgehead atoms. The number of nitrogens with one attached hydrogen (secondary N) is 2. The van der Waals surface area contributed by atoms with Gasteiger partial charge in [0.15, 0.2) is 11.6 Å². The summed E-state index contributed by atoms with van der Waals surface area (Å²) in [5, 5.41) is 4.58. The molecule has 0 unspecified atom stereocenters. The van der Waals surface area contributed by atoms with E-state index in [9.17, 15) is 26.3 Å². The Hall–Kier alpha value is -3.21. The van der Waals surface area contributed by atoms with Crippen molar-refractivity contribution in [3.05, 3.63) is 64.9 Å². The summed E-state index contributed by atoms with van der Waals surface area (Å²) in [6, 6.07) is 7.76. The zero-order chi connectivity index (χ0) is 22.1. The van der Waals surface area contributed by atoms with E-state index in [0.29, 0.717) is 0 Å². The first kappa shape index (κ1) is 21.5. The van der Waals surface area contributed by atoms with Crippen LogP contribution in [0.15, 0.2) is 48.8 Å². The van der Waals surface area contributed by atoms with Gasteiger partial charge in [-0.2, -0.15) is 26.3 Å². The van der Waals surface area contributed by atoms with E-state index < -0.39 is 28.5 Å². The third-order valence-electron chi connectivity index (χ3n) is 3.90. The van der Waals surface area contributed by atoms with Crippen molar-refractivity contribution in [2.45, 2.75) is 12.4 Å². The third-order valence-corrected chi connectivity index (χ3v) is 4.23. The average molecular weight is 448 g/mol. The van der Waals surface area contributed by atoms with E-state index in [2.05, 4.69) is 20.6 Å². The van der Waals surface area contributed by atoms with Crippen molar-refractivity contribution in [3.63, 3.8) is 0 Å². The van der Waals surface area contributed by atoms with Gasteiger partial charge in [0.2, 0.25) is 0 Å². The highest BCUT2D eigenvalue weighted by atomic mass is 35.5. The van der Waals surface area contributed by atoms with Gasteiger partial charge in [0.05, 0.1) is 21.8 Å². The summed E-state index contributed by atoms with van der Waals surface area (Å²) in [5.41, 5.74) is 3.38. The fraction of sp³-hybridized carbons (Fsp3) is 0.111. The molecule has 2 aromatic carbocycles. The molecule has 0 radical (unpaired) electrons. The first-order chi connectivity index (χ1) is 14.0. The van der Waals surface area contributed by atoms with Crippen molar-refractivity contribution < 1.29 is 26.3 Å². The summed E-state index contributed by atoms with van der Waals surface area (Å²) in [5.74, 6) is -0.262. The molecular formula is C18H12ClF6N5. The van der Waals surface area contributed by atoms with Crippen LogP contribution in [0, 0.1) is 0 Å². The predicted octanol–water partition coefficient (Wildman–Crippen LogP) is 6.24. The van der Waals surface area contributed by atoms with Gasteiger partial charge in [-0.1, -0.05) is 23.7 Å². The summed E-state index contributed by atoms with van der Waals surface area (Å²) in [7, 11) is 0. The lowest BCUT2D eigenvalue weighted by Gasteiger charge is -2.16. The van der Waals surface area contributed by atoms with Crippen molar-refractivity contribution in [2.75, 3.05) is 16.4 Å². The summed E-state index contributed by atoms with van der Waals surface area (Å²) >= 11 is 5.58. The number of anilines is 5. The molecule has 0 aliphatic heterocycles. The summed E-state index contributed by atoms with van der Waals surface area (Å²) in [4.78, 5) is 7.65. The number of para-hydroxylation sites is 1. The van der Waals surface area contributed by atoms with Gasteiger partial charge in [0.25, 0.3) is 0 Å². The smallest absolute Gasteiger partial charge is 0.393 e. The number of halogens is 7. The second-order valence-corrected chi connectivity index (χ2v) is 6.38. The average Bonchev–Trinajstić information content (AvgIpc) is 2.65. The zero-order valence-electron chi connectivity index (χ0n) is 14.7. The van der Waals surface area contributed by atoms with Crippen LogP contribution >= 0.6 is 11.6 Å². The molecule has 158 valence electrons. The Morgan fingerprint density at radius 3 is 2.03 bits per heavy atom. The maximum Gasteiger partial charge on any atom is 0.418 e. The highest BCUT2D eigenvalue weighted by molar-refractivity contribution is 6.31. The zero-order valence-corrected chi connectivity index (χ0v) is 15.5. The SMILES string of the molecule is Nc1c(Nc2ccc(Cl)c(C(F)(F)F)c2)ncnc1Nc1ccccc1C(F)(F)F. The van der Waals surface area contributed by atoms with Crippen LogP contribution in [0.2, 0.25) is 5.02 Å². The molecule has 0 aliphatic rings. The first-order valence-electron chi connectivity index (χ1n) is 8.14. The molecule has 30 heavy (non-hydrogen) atoms. The maximum absolute atomic E-state index is 13.2. The van der Waals surface area contributed by atoms with Gasteiger partial charge >= 0.3 is 12.4 Å². The topological polar surface area (TPSA) is 75.9 Å². The van der Waals surface area contributed by atoms with Crippen LogP contribution in [-0.4, -0.2) is 9.97 Å². The Morgan fingerprint density at radius 2 is 1.40 bits per heavy atom. The highest BCUT2D eigenvalue weighted by Gasteiger charge is 2.34. The van der Waals surface area contributed by atoms with Crippen molar-refractivity contribution >= 4 is 40.3 Å². The maximum atomic E-state index is 13.2. The van der Waals surface area contributed by atoms with Crippen LogP contribution in [0.5, 0.6) is 0 Å². The molecule has 4 N–H and O–H groups in total. The minimum absolute atomic E-state index is 0.0289. The molecule has 0 fully saturated rings. The third kappa shape index (κ3) is 4.67. The van der Waals surface area contributed by atoms with Gasteiger partial charge in [-0.25, -0.2) is 9.97 Å². The van der Waals surface area contributed by atoms with Gasteiger partial charge in [0.1, 0.15) is 12.0 Å². The van der Waals surface area contributed by atoms with Gasteiger partial charge in [0, 0.05) is 5.69 Å². The van der Waals surface area contributed by atoms with Crippen molar-refractivity contribution in [1.82, 2.24) is 9.97 Å². The van der Waals surface area contributed by atoms with E-state index in [1.807, 2.05) is 0 Å². The molecule has 0 amide bonds. The Morgan fingerprint density at radius 1 is 0.800 bits per heavy atom. The molecule has 5 nitrogen and oxygen atoms in total. The molecule has 12 heteroatoms. The number of hydrogen-bond donors (Lipinski definition) is 3. The van der Waals surface area contributed by atoms with E-state index in [1.54, 1.807) is 0 Å². The highest BCUT2D eigenvalue weighted by Crippen LogP contribution is 2.39. The van der Waals surface area contributed by atoms with Gasteiger partial charge in [-0.3, -0.25) is 0 Å². The number of benzene rings is 2. The van der Waals surface area contributed by atoms with E-state index in [0.717, 1.165) is 24.5 Å². The van der Waals surface area contributed by atoms with Gasteiger partial charge < -0.3 is 16.4 Å². The normalized spacial score (nSPS) is 12.0. The van der Waals surface area contributed by atoms with E-state index >= 15 is 0 Å². The minimum Gasteiger partial charge on any atom is -0.393 e. The van der Waals surface area contributed by atoms with Crippen molar-refractivity contribution in [2.24, 2.45) is 0 Å². The lowest BCUT2D eigenvalue weighted by atomic mass is 10.1. The quantitative estimate of drug-likeness (QED) is 0.413. The number of hydrogen-bond acceptors (Lipinski definition) is 5. The van der Waals surface area contributed by atoms with Crippen LogP contribution in [-0.2, 0) is 12.4 Å². The second kappa shape index (κ2) is 7.90. The van der Waals surface area contributed by atoms with E-state index in [1.165, 1.54) is 24.3 Å². The molecule has 1 heterocycles. The Balaban J connectivity index is 1.92. The molecule has 3 rings (SSSR count). The largest absolute Gasteiger partial charge is 0.418 e.